The third-order valence-corrected chi connectivity index (χ3v) is 3.61. The van der Waals surface area contributed by atoms with Crippen LogP contribution in [0.3, 0.4) is 0 Å². The minimum atomic E-state index is 0.00349. The molecule has 16 heavy (non-hydrogen) atoms. The summed E-state index contributed by atoms with van der Waals surface area (Å²) in [4.78, 5) is 2.25. The van der Waals surface area contributed by atoms with E-state index < -0.39 is 0 Å². The molecule has 1 unspecified atom stereocenters. The van der Waals surface area contributed by atoms with Gasteiger partial charge in [-0.25, -0.2) is 0 Å². The van der Waals surface area contributed by atoms with Crippen LogP contribution in [0.5, 0.6) is 0 Å². The summed E-state index contributed by atoms with van der Waals surface area (Å²) in [6.07, 6.45) is 2.28. The first-order valence-electron chi connectivity index (χ1n) is 5.96. The zero-order valence-electron chi connectivity index (χ0n) is 10.7. The Kier molecular flexibility index (Phi) is 2.81. The van der Waals surface area contributed by atoms with Crippen molar-refractivity contribution in [2.75, 3.05) is 14.1 Å². The second-order valence-electron chi connectivity index (χ2n) is 5.46. The summed E-state index contributed by atoms with van der Waals surface area (Å²) >= 11 is 0. The zero-order chi connectivity index (χ0) is 11.9. The van der Waals surface area contributed by atoms with Crippen molar-refractivity contribution >= 4 is 0 Å². The molecule has 0 bridgehead atoms. The van der Waals surface area contributed by atoms with E-state index in [1.165, 1.54) is 16.7 Å². The van der Waals surface area contributed by atoms with Crippen LogP contribution >= 0.6 is 0 Å². The number of rotatable bonds is 3. The lowest BCUT2D eigenvalue weighted by Crippen LogP contribution is -2.39. The van der Waals surface area contributed by atoms with E-state index in [1.807, 2.05) is 0 Å². The van der Waals surface area contributed by atoms with Crippen LogP contribution in [-0.2, 0) is 0 Å². The van der Waals surface area contributed by atoms with Crippen LogP contribution in [-0.4, -0.2) is 24.5 Å². The third-order valence-electron chi connectivity index (χ3n) is 3.61. The van der Waals surface area contributed by atoms with E-state index in [0.717, 1.165) is 12.8 Å². The highest BCUT2D eigenvalue weighted by Gasteiger charge is 2.47. The maximum absolute atomic E-state index is 6.39. The largest absolute Gasteiger partial charge is 0.323 e. The molecule has 0 aromatic heterocycles. The zero-order valence-corrected chi connectivity index (χ0v) is 10.7. The number of benzene rings is 1. The summed E-state index contributed by atoms with van der Waals surface area (Å²) in [6.45, 7) is 4.32. The van der Waals surface area contributed by atoms with Crippen LogP contribution in [0.1, 0.15) is 35.6 Å². The highest BCUT2D eigenvalue weighted by Crippen LogP contribution is 2.46. The summed E-state index contributed by atoms with van der Waals surface area (Å²) in [6, 6.07) is 7.03. The summed E-state index contributed by atoms with van der Waals surface area (Å²) < 4.78 is 0. The van der Waals surface area contributed by atoms with Crippen molar-refractivity contribution in [3.63, 3.8) is 0 Å². The molecule has 0 amide bonds. The predicted molar refractivity (Wildman–Crippen MR) is 68.5 cm³/mol. The molecule has 0 aliphatic heterocycles. The monoisotopic (exact) mass is 218 g/mol. The van der Waals surface area contributed by atoms with E-state index in [1.54, 1.807) is 0 Å². The van der Waals surface area contributed by atoms with E-state index in [2.05, 4.69) is 51.0 Å². The van der Waals surface area contributed by atoms with Gasteiger partial charge in [0.15, 0.2) is 0 Å². The minimum Gasteiger partial charge on any atom is -0.323 e. The van der Waals surface area contributed by atoms with Gasteiger partial charge in [0.05, 0.1) is 6.04 Å². The van der Waals surface area contributed by atoms with Crippen LogP contribution < -0.4 is 5.73 Å². The fourth-order valence-electron chi connectivity index (χ4n) is 2.65. The van der Waals surface area contributed by atoms with E-state index in [4.69, 9.17) is 5.73 Å². The van der Waals surface area contributed by atoms with E-state index in [0.29, 0.717) is 6.04 Å². The molecule has 1 atom stereocenters. The third kappa shape index (κ3) is 2.00. The van der Waals surface area contributed by atoms with Crippen LogP contribution in [0.25, 0.3) is 0 Å². The maximum atomic E-state index is 6.39. The average molecular weight is 218 g/mol. The van der Waals surface area contributed by atoms with Gasteiger partial charge in [0.2, 0.25) is 0 Å². The molecule has 0 saturated heterocycles. The fourth-order valence-corrected chi connectivity index (χ4v) is 2.65. The second-order valence-corrected chi connectivity index (χ2v) is 5.46. The van der Waals surface area contributed by atoms with Crippen molar-refractivity contribution in [1.29, 1.82) is 0 Å². The molecule has 0 heterocycles. The van der Waals surface area contributed by atoms with Gasteiger partial charge in [-0.3, -0.25) is 0 Å². The SMILES string of the molecule is Cc1ccc(C(N(C)C)C2(N)CC2)c(C)c1. The average Bonchev–Trinajstić information content (AvgIpc) is 2.88. The lowest BCUT2D eigenvalue weighted by molar-refractivity contribution is 0.245. The summed E-state index contributed by atoms with van der Waals surface area (Å²) in [5.74, 6) is 0. The molecular formula is C14H22N2. The van der Waals surface area contributed by atoms with Gasteiger partial charge in [-0.1, -0.05) is 23.8 Å². The molecule has 2 N–H and O–H groups in total. The number of hydrogen-bond donors (Lipinski definition) is 1. The van der Waals surface area contributed by atoms with Gasteiger partial charge >= 0.3 is 0 Å². The smallest absolute Gasteiger partial charge is 0.0525 e. The van der Waals surface area contributed by atoms with Gasteiger partial charge in [0, 0.05) is 5.54 Å². The topological polar surface area (TPSA) is 29.3 Å². The Labute approximate surface area is 98.4 Å². The van der Waals surface area contributed by atoms with E-state index >= 15 is 0 Å². The maximum Gasteiger partial charge on any atom is 0.0525 e. The molecule has 0 radical (unpaired) electrons. The molecule has 1 aromatic rings. The Hall–Kier alpha value is -0.860. The van der Waals surface area contributed by atoms with Crippen molar-refractivity contribution < 1.29 is 0 Å². The summed E-state index contributed by atoms with van der Waals surface area (Å²) in [5, 5.41) is 0. The molecule has 1 aromatic carbocycles. The Bertz CT molecular complexity index is 392. The van der Waals surface area contributed by atoms with E-state index in [-0.39, 0.29) is 5.54 Å². The normalized spacial score (nSPS) is 19.9. The van der Waals surface area contributed by atoms with Crippen LogP contribution in [0, 0.1) is 13.8 Å². The second kappa shape index (κ2) is 3.86. The molecule has 1 fully saturated rings. The molecule has 1 aliphatic carbocycles. The van der Waals surface area contributed by atoms with Crippen LogP contribution in [0.4, 0.5) is 0 Å². The lowest BCUT2D eigenvalue weighted by Gasteiger charge is -2.31. The van der Waals surface area contributed by atoms with Gasteiger partial charge in [-0.05, 0) is 51.9 Å². The van der Waals surface area contributed by atoms with Gasteiger partial charge < -0.3 is 10.6 Å². The Morgan fingerprint density at radius 2 is 1.88 bits per heavy atom. The highest BCUT2D eigenvalue weighted by molar-refractivity contribution is 5.36. The van der Waals surface area contributed by atoms with Gasteiger partial charge in [0.1, 0.15) is 0 Å². The molecule has 0 spiro atoms. The summed E-state index contributed by atoms with van der Waals surface area (Å²) in [7, 11) is 4.24. The molecule has 88 valence electrons. The fraction of sp³-hybridized carbons (Fsp3) is 0.571. The first-order valence-corrected chi connectivity index (χ1v) is 5.96. The standard InChI is InChI=1S/C14H22N2/c1-10-5-6-12(11(2)9-10)13(16(3)4)14(15)7-8-14/h5-6,9,13H,7-8,15H2,1-4H3. The Morgan fingerprint density at radius 1 is 1.25 bits per heavy atom. The predicted octanol–water partition coefficient (Wildman–Crippen LogP) is 2.40. The van der Waals surface area contributed by atoms with Crippen molar-refractivity contribution in [3.05, 3.63) is 34.9 Å². The van der Waals surface area contributed by atoms with Crippen molar-refractivity contribution in [3.8, 4) is 0 Å². The minimum absolute atomic E-state index is 0.00349. The Balaban J connectivity index is 2.39. The number of likely N-dealkylation sites (N-methyl/N-ethyl adjacent to an activating group) is 1. The van der Waals surface area contributed by atoms with Crippen molar-refractivity contribution in [1.82, 2.24) is 4.90 Å². The molecule has 1 saturated carbocycles. The first kappa shape index (κ1) is 11.6. The molecule has 2 heteroatoms. The molecule has 1 aliphatic rings. The van der Waals surface area contributed by atoms with Gasteiger partial charge in [0.25, 0.3) is 0 Å². The first-order chi connectivity index (χ1) is 7.44. The number of aryl methyl sites for hydroxylation is 2. The molecular weight excluding hydrogens is 196 g/mol. The van der Waals surface area contributed by atoms with Gasteiger partial charge in [-0.15, -0.1) is 0 Å². The number of hydrogen-bond acceptors (Lipinski definition) is 2. The van der Waals surface area contributed by atoms with Crippen LogP contribution in [0.15, 0.2) is 18.2 Å². The number of nitrogens with zero attached hydrogens (tertiary/aromatic N) is 1. The van der Waals surface area contributed by atoms with E-state index in [9.17, 15) is 0 Å². The van der Waals surface area contributed by atoms with Gasteiger partial charge in [-0.2, -0.15) is 0 Å². The quantitative estimate of drug-likeness (QED) is 0.844. The van der Waals surface area contributed by atoms with Crippen LogP contribution in [0.2, 0.25) is 0 Å². The van der Waals surface area contributed by atoms with Crippen molar-refractivity contribution in [2.24, 2.45) is 5.73 Å². The lowest BCUT2D eigenvalue weighted by atomic mass is 9.92. The Morgan fingerprint density at radius 3 is 2.31 bits per heavy atom. The highest BCUT2D eigenvalue weighted by atomic mass is 15.1. The van der Waals surface area contributed by atoms with Crippen molar-refractivity contribution in [2.45, 2.75) is 38.3 Å². The molecule has 2 rings (SSSR count). The summed E-state index contributed by atoms with van der Waals surface area (Å²) in [5.41, 5.74) is 10.5. The molecule has 2 nitrogen and oxygen atoms in total. The number of nitrogens with two attached hydrogens (primary N) is 1.